The summed E-state index contributed by atoms with van der Waals surface area (Å²) in [5.41, 5.74) is 0.989. The summed E-state index contributed by atoms with van der Waals surface area (Å²) in [6.45, 7) is 0.949. The van der Waals surface area contributed by atoms with Crippen molar-refractivity contribution in [3.63, 3.8) is 0 Å². The Morgan fingerprint density at radius 3 is 2.72 bits per heavy atom. The lowest BCUT2D eigenvalue weighted by Crippen LogP contribution is -2.34. The van der Waals surface area contributed by atoms with Gasteiger partial charge in [0.2, 0.25) is 10.0 Å². The third kappa shape index (κ3) is 2.78. The molecular weight excluding hydrogens is 248 g/mol. The highest BCUT2D eigenvalue weighted by atomic mass is 32.2. The quantitative estimate of drug-likeness (QED) is 0.778. The van der Waals surface area contributed by atoms with Crippen molar-refractivity contribution in [1.82, 2.24) is 4.31 Å². The lowest BCUT2D eigenvalue weighted by atomic mass is 10.1. The molecule has 1 heterocycles. The summed E-state index contributed by atoms with van der Waals surface area (Å²) in [5, 5.41) is 8.96. The van der Waals surface area contributed by atoms with E-state index in [-0.39, 0.29) is 5.75 Å². The second-order valence-corrected chi connectivity index (χ2v) is 6.11. The van der Waals surface area contributed by atoms with Gasteiger partial charge in [-0.25, -0.2) is 8.42 Å². The van der Waals surface area contributed by atoms with Gasteiger partial charge in [-0.15, -0.1) is 0 Å². The maximum atomic E-state index is 12.2. The third-order valence-corrected chi connectivity index (χ3v) is 4.68. The van der Waals surface area contributed by atoms with Crippen LogP contribution in [-0.2, 0) is 15.8 Å². The van der Waals surface area contributed by atoms with Crippen LogP contribution in [-0.4, -0.2) is 25.8 Å². The molecule has 5 heteroatoms. The van der Waals surface area contributed by atoms with Crippen molar-refractivity contribution in [3.05, 3.63) is 47.5 Å². The second kappa shape index (κ2) is 5.34. The fraction of sp³-hybridized carbons (Fsp3) is 0.308. The fourth-order valence-corrected chi connectivity index (χ4v) is 3.44. The van der Waals surface area contributed by atoms with E-state index in [2.05, 4.69) is 0 Å². The minimum Gasteiger partial charge on any atom is -0.212 e. The standard InChI is InChI=1S/C13H14N2O2S/c14-10-12-6-2-3-7-13(12)11-18(16,17)15-8-4-1-5-9-15/h1-4,6-7H,5,8-9,11H2. The number of rotatable bonds is 3. The van der Waals surface area contributed by atoms with E-state index in [4.69, 9.17) is 5.26 Å². The minimum atomic E-state index is -3.34. The molecule has 1 aromatic rings. The zero-order valence-electron chi connectivity index (χ0n) is 9.91. The first kappa shape index (κ1) is 12.8. The van der Waals surface area contributed by atoms with Crippen LogP contribution in [0.1, 0.15) is 17.5 Å². The van der Waals surface area contributed by atoms with Crippen LogP contribution in [0.25, 0.3) is 0 Å². The molecule has 0 atom stereocenters. The van der Waals surface area contributed by atoms with E-state index >= 15 is 0 Å². The molecule has 0 N–H and O–H groups in total. The average Bonchev–Trinajstić information content (AvgIpc) is 2.40. The van der Waals surface area contributed by atoms with E-state index in [1.165, 1.54) is 4.31 Å². The molecule has 18 heavy (non-hydrogen) atoms. The Hall–Kier alpha value is -1.64. The van der Waals surface area contributed by atoms with E-state index < -0.39 is 10.0 Å². The first-order valence-electron chi connectivity index (χ1n) is 5.74. The van der Waals surface area contributed by atoms with Crippen molar-refractivity contribution >= 4 is 10.0 Å². The molecular formula is C13H14N2O2S. The Balaban J connectivity index is 2.22. The predicted molar refractivity (Wildman–Crippen MR) is 69.1 cm³/mol. The molecule has 94 valence electrons. The number of nitriles is 1. The van der Waals surface area contributed by atoms with Gasteiger partial charge < -0.3 is 0 Å². The van der Waals surface area contributed by atoms with Gasteiger partial charge in [-0.1, -0.05) is 30.4 Å². The van der Waals surface area contributed by atoms with Crippen LogP contribution in [0, 0.1) is 11.3 Å². The Bertz CT molecular complexity index is 600. The summed E-state index contributed by atoms with van der Waals surface area (Å²) in [5.74, 6) is -0.107. The zero-order valence-corrected chi connectivity index (χ0v) is 10.7. The first-order valence-corrected chi connectivity index (χ1v) is 7.35. The summed E-state index contributed by atoms with van der Waals surface area (Å²) >= 11 is 0. The monoisotopic (exact) mass is 262 g/mol. The molecule has 2 rings (SSSR count). The van der Waals surface area contributed by atoms with Crippen molar-refractivity contribution in [2.75, 3.05) is 13.1 Å². The fourth-order valence-electron chi connectivity index (χ4n) is 1.92. The van der Waals surface area contributed by atoms with Crippen LogP contribution in [0.4, 0.5) is 0 Å². The van der Waals surface area contributed by atoms with Gasteiger partial charge in [0, 0.05) is 13.1 Å². The van der Waals surface area contributed by atoms with Gasteiger partial charge in [-0.3, -0.25) is 0 Å². The third-order valence-electron chi connectivity index (χ3n) is 2.89. The molecule has 0 aromatic heterocycles. The van der Waals surface area contributed by atoms with E-state index in [9.17, 15) is 8.42 Å². The van der Waals surface area contributed by atoms with Gasteiger partial charge >= 0.3 is 0 Å². The molecule has 1 aromatic carbocycles. The lowest BCUT2D eigenvalue weighted by Gasteiger charge is -2.22. The molecule has 4 nitrogen and oxygen atoms in total. The van der Waals surface area contributed by atoms with E-state index in [1.54, 1.807) is 24.3 Å². The second-order valence-electron chi connectivity index (χ2n) is 4.14. The van der Waals surface area contributed by atoms with E-state index in [0.717, 1.165) is 6.42 Å². The molecule has 0 radical (unpaired) electrons. The maximum absolute atomic E-state index is 12.2. The molecule has 0 saturated carbocycles. The highest BCUT2D eigenvalue weighted by Gasteiger charge is 2.23. The molecule has 0 amide bonds. The molecule has 0 bridgehead atoms. The van der Waals surface area contributed by atoms with Crippen LogP contribution in [0.3, 0.4) is 0 Å². The van der Waals surface area contributed by atoms with Gasteiger partial charge in [-0.2, -0.15) is 9.57 Å². The summed E-state index contributed by atoms with van der Waals surface area (Å²) < 4.78 is 25.9. The Morgan fingerprint density at radius 1 is 1.28 bits per heavy atom. The Kier molecular flexibility index (Phi) is 3.80. The molecule has 0 saturated heterocycles. The first-order chi connectivity index (χ1) is 8.63. The van der Waals surface area contributed by atoms with Crippen LogP contribution in [0.15, 0.2) is 36.4 Å². The maximum Gasteiger partial charge on any atom is 0.218 e. The molecule has 1 aliphatic rings. The van der Waals surface area contributed by atoms with E-state index in [1.807, 2.05) is 18.2 Å². The SMILES string of the molecule is N#Cc1ccccc1CS(=O)(=O)N1CC=CCC1. The molecule has 0 spiro atoms. The summed E-state index contributed by atoms with van der Waals surface area (Å²) in [6.07, 6.45) is 4.59. The summed E-state index contributed by atoms with van der Waals surface area (Å²) in [6, 6.07) is 8.84. The highest BCUT2D eigenvalue weighted by molar-refractivity contribution is 7.88. The smallest absolute Gasteiger partial charge is 0.212 e. The topological polar surface area (TPSA) is 61.2 Å². The number of hydrogen-bond donors (Lipinski definition) is 0. The molecule has 0 unspecified atom stereocenters. The average molecular weight is 262 g/mol. The van der Waals surface area contributed by atoms with Crippen molar-refractivity contribution in [2.45, 2.75) is 12.2 Å². The summed E-state index contributed by atoms with van der Waals surface area (Å²) in [4.78, 5) is 0. The van der Waals surface area contributed by atoms with Crippen molar-refractivity contribution in [3.8, 4) is 6.07 Å². The Labute approximate surface area is 107 Å². The molecule has 1 aliphatic heterocycles. The zero-order chi connectivity index (χ0) is 13.0. The number of hydrogen-bond acceptors (Lipinski definition) is 3. The van der Waals surface area contributed by atoms with Crippen LogP contribution in [0.5, 0.6) is 0 Å². The molecule has 0 aliphatic carbocycles. The van der Waals surface area contributed by atoms with Crippen molar-refractivity contribution in [1.29, 1.82) is 5.26 Å². The number of nitrogens with zero attached hydrogens (tertiary/aromatic N) is 2. The number of benzene rings is 1. The predicted octanol–water partition coefficient (Wildman–Crippen LogP) is 1.65. The Morgan fingerprint density at radius 2 is 2.06 bits per heavy atom. The van der Waals surface area contributed by atoms with Gasteiger partial charge in [0.1, 0.15) is 0 Å². The van der Waals surface area contributed by atoms with Crippen molar-refractivity contribution < 1.29 is 8.42 Å². The van der Waals surface area contributed by atoms with Crippen LogP contribution >= 0.6 is 0 Å². The summed E-state index contributed by atoms with van der Waals surface area (Å²) in [7, 11) is -3.34. The van der Waals surface area contributed by atoms with Gasteiger partial charge in [0.25, 0.3) is 0 Å². The minimum absolute atomic E-state index is 0.107. The van der Waals surface area contributed by atoms with Gasteiger partial charge in [-0.05, 0) is 18.1 Å². The van der Waals surface area contributed by atoms with Gasteiger partial charge in [0.15, 0.2) is 0 Å². The van der Waals surface area contributed by atoms with Crippen LogP contribution in [0.2, 0.25) is 0 Å². The normalized spacial score (nSPS) is 16.4. The largest absolute Gasteiger partial charge is 0.218 e. The number of sulfonamides is 1. The van der Waals surface area contributed by atoms with Gasteiger partial charge in [0.05, 0.1) is 17.4 Å². The van der Waals surface area contributed by atoms with Crippen LogP contribution < -0.4 is 0 Å². The highest BCUT2D eigenvalue weighted by Crippen LogP contribution is 2.16. The lowest BCUT2D eigenvalue weighted by molar-refractivity contribution is 0.437. The molecule has 0 fully saturated rings. The van der Waals surface area contributed by atoms with Crippen molar-refractivity contribution in [2.24, 2.45) is 0 Å². The van der Waals surface area contributed by atoms with E-state index in [0.29, 0.717) is 24.2 Å².